The third-order valence-corrected chi connectivity index (χ3v) is 6.00. The van der Waals surface area contributed by atoms with E-state index in [1.165, 1.54) is 44.1 Å². The second kappa shape index (κ2) is 5.56. The summed E-state index contributed by atoms with van der Waals surface area (Å²) in [4.78, 5) is 6.53. The third kappa shape index (κ3) is 2.54. The lowest BCUT2D eigenvalue weighted by atomic mass is 9.95. The molecular weight excluding hydrogens is 278 g/mol. The summed E-state index contributed by atoms with van der Waals surface area (Å²) in [6.45, 7) is 1.08. The van der Waals surface area contributed by atoms with Gasteiger partial charge in [0.25, 0.3) is 0 Å². The number of thiocarbonyl (C=S) groups is 1. The van der Waals surface area contributed by atoms with Crippen LogP contribution in [0, 0.1) is 11.8 Å². The van der Waals surface area contributed by atoms with Gasteiger partial charge in [-0.05, 0) is 73.9 Å². The molecule has 3 nitrogen and oxygen atoms in total. The van der Waals surface area contributed by atoms with Gasteiger partial charge in [0.1, 0.15) is 0 Å². The Hall–Kier alpha value is -1.16. The molecule has 2 bridgehead atoms. The molecule has 1 aliphatic heterocycles. The molecular formula is C17H23N3S. The van der Waals surface area contributed by atoms with Crippen LogP contribution in [-0.2, 0) is 0 Å². The molecule has 2 heterocycles. The van der Waals surface area contributed by atoms with Crippen molar-refractivity contribution in [2.75, 3.05) is 6.54 Å². The predicted molar refractivity (Wildman–Crippen MR) is 87.9 cm³/mol. The van der Waals surface area contributed by atoms with Crippen molar-refractivity contribution < 1.29 is 0 Å². The van der Waals surface area contributed by atoms with Crippen molar-refractivity contribution >= 4 is 17.3 Å². The average molecular weight is 301 g/mol. The first-order valence-electron chi connectivity index (χ1n) is 8.28. The molecule has 0 amide bonds. The van der Waals surface area contributed by atoms with E-state index in [4.69, 9.17) is 12.2 Å². The van der Waals surface area contributed by atoms with Gasteiger partial charge in [-0.15, -0.1) is 0 Å². The van der Waals surface area contributed by atoms with E-state index in [-0.39, 0.29) is 0 Å². The summed E-state index contributed by atoms with van der Waals surface area (Å²) in [5, 5.41) is 4.67. The third-order valence-electron chi connectivity index (χ3n) is 5.65. The van der Waals surface area contributed by atoms with Crippen LogP contribution in [0.2, 0.25) is 0 Å². The first kappa shape index (κ1) is 13.5. The standard InChI is InChI=1S/C17H23N3S/c21-17(19-15-11-12-3-4-14(15)10-12)20-9-1-2-16(20)13-5-7-18-8-6-13/h5-8,12,14-16H,1-4,9-11H2,(H,19,21). The summed E-state index contributed by atoms with van der Waals surface area (Å²) < 4.78 is 0. The Bertz CT molecular complexity index is 518. The largest absolute Gasteiger partial charge is 0.360 e. The molecule has 0 radical (unpaired) electrons. The number of nitrogens with one attached hydrogen (secondary N) is 1. The van der Waals surface area contributed by atoms with Gasteiger partial charge in [-0.25, -0.2) is 0 Å². The molecule has 1 N–H and O–H groups in total. The monoisotopic (exact) mass is 301 g/mol. The number of fused-ring (bicyclic) bond motifs is 2. The number of likely N-dealkylation sites (tertiary alicyclic amines) is 1. The van der Waals surface area contributed by atoms with E-state index in [1.807, 2.05) is 12.4 Å². The van der Waals surface area contributed by atoms with E-state index in [0.717, 1.165) is 23.5 Å². The van der Waals surface area contributed by atoms with E-state index in [0.29, 0.717) is 12.1 Å². The minimum atomic E-state index is 0.437. The Morgan fingerprint density at radius 2 is 2.05 bits per heavy atom. The number of hydrogen-bond donors (Lipinski definition) is 1. The number of pyridine rings is 1. The van der Waals surface area contributed by atoms with Crippen LogP contribution in [0.5, 0.6) is 0 Å². The summed E-state index contributed by atoms with van der Waals surface area (Å²) >= 11 is 5.74. The zero-order valence-electron chi connectivity index (χ0n) is 12.4. The molecule has 2 saturated carbocycles. The molecule has 1 saturated heterocycles. The van der Waals surface area contributed by atoms with E-state index in [1.54, 1.807) is 0 Å². The van der Waals surface area contributed by atoms with Crippen LogP contribution < -0.4 is 5.32 Å². The molecule has 4 unspecified atom stereocenters. The molecule has 0 spiro atoms. The highest BCUT2D eigenvalue weighted by Crippen LogP contribution is 2.44. The fraction of sp³-hybridized carbons (Fsp3) is 0.647. The summed E-state index contributed by atoms with van der Waals surface area (Å²) in [6, 6.07) is 5.33. The van der Waals surface area contributed by atoms with Gasteiger partial charge in [0, 0.05) is 25.0 Å². The lowest BCUT2D eigenvalue weighted by molar-refractivity contribution is 0.350. The van der Waals surface area contributed by atoms with Crippen molar-refractivity contribution in [2.24, 2.45) is 11.8 Å². The molecule has 1 aromatic rings. The predicted octanol–water partition coefficient (Wildman–Crippen LogP) is 3.28. The number of rotatable bonds is 2. The summed E-state index contributed by atoms with van der Waals surface area (Å²) in [5.74, 6) is 1.83. The smallest absolute Gasteiger partial charge is 0.169 e. The quantitative estimate of drug-likeness (QED) is 0.849. The fourth-order valence-corrected chi connectivity index (χ4v) is 4.97. The number of aromatic nitrogens is 1. The molecule has 112 valence electrons. The van der Waals surface area contributed by atoms with Crippen LogP contribution in [0.1, 0.15) is 50.1 Å². The fourth-order valence-electron chi connectivity index (χ4n) is 4.60. The highest BCUT2D eigenvalue weighted by Gasteiger charge is 2.40. The van der Waals surface area contributed by atoms with Gasteiger partial charge in [-0.1, -0.05) is 6.42 Å². The van der Waals surface area contributed by atoms with Crippen LogP contribution in [-0.4, -0.2) is 27.6 Å². The second-order valence-electron chi connectivity index (χ2n) is 6.86. The maximum atomic E-state index is 5.74. The van der Waals surface area contributed by atoms with Gasteiger partial charge in [0.2, 0.25) is 0 Å². The first-order chi connectivity index (χ1) is 10.3. The van der Waals surface area contributed by atoms with Crippen LogP contribution in [0.3, 0.4) is 0 Å². The molecule has 3 fully saturated rings. The van der Waals surface area contributed by atoms with Crippen LogP contribution in [0.15, 0.2) is 24.5 Å². The Labute approximate surface area is 132 Å². The molecule has 4 atom stereocenters. The maximum absolute atomic E-state index is 5.74. The van der Waals surface area contributed by atoms with Crippen molar-refractivity contribution in [1.29, 1.82) is 0 Å². The van der Waals surface area contributed by atoms with Crippen molar-refractivity contribution in [3.8, 4) is 0 Å². The van der Waals surface area contributed by atoms with E-state index in [9.17, 15) is 0 Å². The van der Waals surface area contributed by atoms with E-state index >= 15 is 0 Å². The zero-order chi connectivity index (χ0) is 14.2. The minimum absolute atomic E-state index is 0.437. The van der Waals surface area contributed by atoms with Gasteiger partial charge < -0.3 is 10.2 Å². The molecule has 4 rings (SSSR count). The normalized spacial score (nSPS) is 34.4. The summed E-state index contributed by atoms with van der Waals surface area (Å²) in [7, 11) is 0. The Morgan fingerprint density at radius 1 is 1.19 bits per heavy atom. The highest BCUT2D eigenvalue weighted by atomic mass is 32.1. The molecule has 2 aliphatic carbocycles. The van der Waals surface area contributed by atoms with Gasteiger partial charge in [-0.2, -0.15) is 0 Å². The van der Waals surface area contributed by atoms with Crippen molar-refractivity contribution in [1.82, 2.24) is 15.2 Å². The Kier molecular flexibility index (Phi) is 3.57. The van der Waals surface area contributed by atoms with Crippen LogP contribution >= 0.6 is 12.2 Å². The van der Waals surface area contributed by atoms with Gasteiger partial charge >= 0.3 is 0 Å². The molecule has 21 heavy (non-hydrogen) atoms. The summed E-state index contributed by atoms with van der Waals surface area (Å²) in [5.41, 5.74) is 1.35. The van der Waals surface area contributed by atoms with Crippen LogP contribution in [0.25, 0.3) is 0 Å². The first-order valence-corrected chi connectivity index (χ1v) is 8.69. The topological polar surface area (TPSA) is 28.2 Å². The van der Waals surface area contributed by atoms with E-state index < -0.39 is 0 Å². The summed E-state index contributed by atoms with van der Waals surface area (Å²) in [6.07, 6.45) is 11.8. The van der Waals surface area contributed by atoms with Gasteiger partial charge in [-0.3, -0.25) is 4.98 Å². The molecule has 1 aromatic heterocycles. The highest BCUT2D eigenvalue weighted by molar-refractivity contribution is 7.80. The van der Waals surface area contributed by atoms with Crippen molar-refractivity contribution in [2.45, 2.75) is 50.6 Å². The molecule has 3 aliphatic rings. The molecule has 4 heteroatoms. The minimum Gasteiger partial charge on any atom is -0.360 e. The lowest BCUT2D eigenvalue weighted by Gasteiger charge is -2.32. The zero-order valence-corrected chi connectivity index (χ0v) is 13.2. The van der Waals surface area contributed by atoms with Crippen molar-refractivity contribution in [3.05, 3.63) is 30.1 Å². The van der Waals surface area contributed by atoms with Gasteiger partial charge in [0.05, 0.1) is 6.04 Å². The van der Waals surface area contributed by atoms with Gasteiger partial charge in [0.15, 0.2) is 5.11 Å². The number of hydrogen-bond acceptors (Lipinski definition) is 2. The Morgan fingerprint density at radius 3 is 2.76 bits per heavy atom. The van der Waals surface area contributed by atoms with Crippen molar-refractivity contribution in [3.63, 3.8) is 0 Å². The van der Waals surface area contributed by atoms with E-state index in [2.05, 4.69) is 27.3 Å². The van der Waals surface area contributed by atoms with Crippen LogP contribution in [0.4, 0.5) is 0 Å². The number of nitrogens with zero attached hydrogens (tertiary/aromatic N) is 2. The SMILES string of the molecule is S=C(NC1CC2CCC1C2)N1CCCC1c1ccncc1. The maximum Gasteiger partial charge on any atom is 0.169 e. The lowest BCUT2D eigenvalue weighted by Crippen LogP contribution is -2.46. The second-order valence-corrected chi connectivity index (χ2v) is 7.25. The average Bonchev–Trinajstić information content (AvgIpc) is 3.24. The molecule has 0 aromatic carbocycles. The Balaban J connectivity index is 1.44.